The van der Waals surface area contributed by atoms with Crippen LogP contribution in [0.4, 0.5) is 5.13 Å². The first-order chi connectivity index (χ1) is 8.81. The molecular formula is C13H21N3O2S. The van der Waals surface area contributed by atoms with E-state index in [1.54, 1.807) is 11.1 Å². The van der Waals surface area contributed by atoms with Gasteiger partial charge in [0.2, 0.25) is 11.8 Å². The molecule has 19 heavy (non-hydrogen) atoms. The van der Waals surface area contributed by atoms with Crippen LogP contribution in [0.25, 0.3) is 0 Å². The average molecular weight is 283 g/mol. The maximum atomic E-state index is 12.0. The van der Waals surface area contributed by atoms with Crippen molar-refractivity contribution < 1.29 is 9.59 Å². The second kappa shape index (κ2) is 6.65. The van der Waals surface area contributed by atoms with E-state index in [0.29, 0.717) is 5.13 Å². The van der Waals surface area contributed by atoms with Crippen molar-refractivity contribution in [3.05, 3.63) is 11.1 Å². The average Bonchev–Trinajstić information content (AvgIpc) is 2.70. The summed E-state index contributed by atoms with van der Waals surface area (Å²) in [6.45, 7) is 9.46. The van der Waals surface area contributed by atoms with Crippen molar-refractivity contribution >= 4 is 28.3 Å². The summed E-state index contributed by atoms with van der Waals surface area (Å²) in [6, 6.07) is -0.00122. The highest BCUT2D eigenvalue weighted by Gasteiger charge is 2.22. The van der Waals surface area contributed by atoms with Crippen LogP contribution in [-0.4, -0.2) is 34.3 Å². The number of hydrogen-bond donors (Lipinski definition) is 1. The minimum atomic E-state index is -0.211. The third kappa shape index (κ3) is 4.63. The van der Waals surface area contributed by atoms with Gasteiger partial charge in [-0.15, -0.1) is 11.3 Å². The summed E-state index contributed by atoms with van der Waals surface area (Å²) in [7, 11) is 0. The predicted molar refractivity (Wildman–Crippen MR) is 77.2 cm³/mol. The lowest BCUT2D eigenvalue weighted by atomic mass is 10.1. The number of aromatic nitrogens is 1. The van der Waals surface area contributed by atoms with Crippen molar-refractivity contribution in [3.63, 3.8) is 0 Å². The standard InChI is InChI=1S/C13H21N3O2S/c1-8(2)12(18)16(9(3)4)7-11(17)15-13-14-6-10(5)19-13/h6,8-9H,7H2,1-5H3,(H,14,15,17). The molecule has 0 unspecified atom stereocenters. The monoisotopic (exact) mass is 283 g/mol. The molecule has 0 aliphatic rings. The van der Waals surface area contributed by atoms with Crippen molar-refractivity contribution in [2.75, 3.05) is 11.9 Å². The number of nitrogens with one attached hydrogen (secondary N) is 1. The smallest absolute Gasteiger partial charge is 0.245 e. The molecule has 106 valence electrons. The first kappa shape index (κ1) is 15.6. The van der Waals surface area contributed by atoms with E-state index in [1.807, 2.05) is 34.6 Å². The van der Waals surface area contributed by atoms with E-state index in [0.717, 1.165) is 4.88 Å². The van der Waals surface area contributed by atoms with Gasteiger partial charge in [-0.3, -0.25) is 9.59 Å². The molecule has 2 amide bonds. The first-order valence-electron chi connectivity index (χ1n) is 6.34. The van der Waals surface area contributed by atoms with Crippen molar-refractivity contribution in [1.82, 2.24) is 9.88 Å². The summed E-state index contributed by atoms with van der Waals surface area (Å²) in [5, 5.41) is 3.29. The van der Waals surface area contributed by atoms with Gasteiger partial charge in [0.25, 0.3) is 0 Å². The number of amides is 2. The second-order valence-electron chi connectivity index (χ2n) is 5.04. The normalized spacial score (nSPS) is 10.9. The van der Waals surface area contributed by atoms with Gasteiger partial charge in [-0.25, -0.2) is 4.98 Å². The molecule has 0 radical (unpaired) electrons. The van der Waals surface area contributed by atoms with Crippen LogP contribution in [0.2, 0.25) is 0 Å². The number of hydrogen-bond acceptors (Lipinski definition) is 4. The molecule has 0 saturated carbocycles. The zero-order chi connectivity index (χ0) is 14.6. The highest BCUT2D eigenvalue weighted by molar-refractivity contribution is 7.15. The maximum absolute atomic E-state index is 12.0. The Morgan fingerprint density at radius 1 is 1.37 bits per heavy atom. The highest BCUT2D eigenvalue weighted by Crippen LogP contribution is 2.16. The SMILES string of the molecule is Cc1cnc(NC(=O)CN(C(=O)C(C)C)C(C)C)s1. The van der Waals surface area contributed by atoms with Gasteiger partial charge in [-0.2, -0.15) is 0 Å². The molecule has 0 aromatic carbocycles. The number of rotatable bonds is 5. The number of thiazole rings is 1. The molecule has 5 nitrogen and oxygen atoms in total. The lowest BCUT2D eigenvalue weighted by molar-refractivity contribution is -0.139. The van der Waals surface area contributed by atoms with Gasteiger partial charge in [0.1, 0.15) is 6.54 Å². The Morgan fingerprint density at radius 3 is 2.42 bits per heavy atom. The molecule has 1 N–H and O–H groups in total. The quantitative estimate of drug-likeness (QED) is 0.901. The molecule has 0 saturated heterocycles. The summed E-state index contributed by atoms with van der Waals surface area (Å²) in [6.07, 6.45) is 1.71. The molecule has 6 heteroatoms. The van der Waals surface area contributed by atoms with Crippen LogP contribution in [0, 0.1) is 12.8 Å². The lowest BCUT2D eigenvalue weighted by Crippen LogP contribution is -2.44. The summed E-state index contributed by atoms with van der Waals surface area (Å²) in [4.78, 5) is 30.6. The zero-order valence-electron chi connectivity index (χ0n) is 12.1. The van der Waals surface area contributed by atoms with Crippen LogP contribution in [0.1, 0.15) is 32.6 Å². The van der Waals surface area contributed by atoms with Crippen LogP contribution < -0.4 is 5.32 Å². The number of carbonyl (C=O) groups excluding carboxylic acids is 2. The van der Waals surface area contributed by atoms with Gasteiger partial charge in [-0.05, 0) is 20.8 Å². The molecule has 0 aliphatic carbocycles. The molecule has 1 rings (SSSR count). The summed E-state index contributed by atoms with van der Waals surface area (Å²) < 4.78 is 0. The molecule has 1 aromatic rings. The fourth-order valence-electron chi connectivity index (χ4n) is 1.57. The fourth-order valence-corrected chi connectivity index (χ4v) is 2.25. The van der Waals surface area contributed by atoms with Crippen molar-refractivity contribution in [1.29, 1.82) is 0 Å². The largest absolute Gasteiger partial charge is 0.331 e. The number of nitrogens with zero attached hydrogens (tertiary/aromatic N) is 2. The predicted octanol–water partition coefficient (Wildman–Crippen LogP) is 2.28. The molecule has 1 heterocycles. The molecular weight excluding hydrogens is 262 g/mol. The Bertz CT molecular complexity index is 454. The Kier molecular flexibility index (Phi) is 5.47. The Balaban J connectivity index is 2.64. The molecule has 0 fully saturated rings. The second-order valence-corrected chi connectivity index (χ2v) is 6.27. The third-order valence-electron chi connectivity index (χ3n) is 2.58. The highest BCUT2D eigenvalue weighted by atomic mass is 32.1. The Hall–Kier alpha value is -1.43. The van der Waals surface area contributed by atoms with Crippen LogP contribution in [0.5, 0.6) is 0 Å². The van der Waals surface area contributed by atoms with Crippen molar-refractivity contribution in [2.45, 2.75) is 40.7 Å². The van der Waals surface area contributed by atoms with Crippen LogP contribution in [0.3, 0.4) is 0 Å². The molecule has 0 bridgehead atoms. The van der Waals surface area contributed by atoms with E-state index < -0.39 is 0 Å². The van der Waals surface area contributed by atoms with Gasteiger partial charge >= 0.3 is 0 Å². The number of aryl methyl sites for hydroxylation is 1. The van der Waals surface area contributed by atoms with Crippen LogP contribution in [-0.2, 0) is 9.59 Å². The van der Waals surface area contributed by atoms with E-state index in [-0.39, 0.29) is 30.3 Å². The lowest BCUT2D eigenvalue weighted by Gasteiger charge is -2.27. The minimum Gasteiger partial charge on any atom is -0.331 e. The summed E-state index contributed by atoms with van der Waals surface area (Å²) in [5.41, 5.74) is 0. The van der Waals surface area contributed by atoms with E-state index in [1.165, 1.54) is 11.3 Å². The van der Waals surface area contributed by atoms with Crippen molar-refractivity contribution in [2.24, 2.45) is 5.92 Å². The van der Waals surface area contributed by atoms with Gasteiger partial charge in [-0.1, -0.05) is 13.8 Å². The van der Waals surface area contributed by atoms with E-state index in [2.05, 4.69) is 10.3 Å². The zero-order valence-corrected chi connectivity index (χ0v) is 12.9. The molecule has 0 spiro atoms. The maximum Gasteiger partial charge on any atom is 0.245 e. The summed E-state index contributed by atoms with van der Waals surface area (Å²) in [5.74, 6) is -0.338. The minimum absolute atomic E-state index is 0.00122. The van der Waals surface area contributed by atoms with Crippen LogP contribution >= 0.6 is 11.3 Å². The van der Waals surface area contributed by atoms with Gasteiger partial charge in [0.15, 0.2) is 5.13 Å². The molecule has 0 aliphatic heterocycles. The van der Waals surface area contributed by atoms with Gasteiger partial charge in [0, 0.05) is 23.0 Å². The first-order valence-corrected chi connectivity index (χ1v) is 7.15. The van der Waals surface area contributed by atoms with E-state index >= 15 is 0 Å². The fraction of sp³-hybridized carbons (Fsp3) is 0.615. The number of anilines is 1. The van der Waals surface area contributed by atoms with Gasteiger partial charge in [0.05, 0.1) is 0 Å². The van der Waals surface area contributed by atoms with Crippen LogP contribution in [0.15, 0.2) is 6.20 Å². The van der Waals surface area contributed by atoms with E-state index in [9.17, 15) is 9.59 Å². The van der Waals surface area contributed by atoms with Crippen molar-refractivity contribution in [3.8, 4) is 0 Å². The molecule has 1 aromatic heterocycles. The van der Waals surface area contributed by atoms with Gasteiger partial charge < -0.3 is 10.2 Å². The third-order valence-corrected chi connectivity index (χ3v) is 3.41. The topological polar surface area (TPSA) is 62.3 Å². The molecule has 0 atom stereocenters. The summed E-state index contributed by atoms with van der Waals surface area (Å²) >= 11 is 1.42. The Morgan fingerprint density at radius 2 is 2.00 bits per heavy atom. The Labute approximate surface area is 118 Å². The number of carbonyl (C=O) groups is 2. The van der Waals surface area contributed by atoms with E-state index in [4.69, 9.17) is 0 Å².